The Labute approximate surface area is 156 Å². The van der Waals surface area contributed by atoms with Crippen molar-refractivity contribution < 1.29 is 14.2 Å². The van der Waals surface area contributed by atoms with Gasteiger partial charge in [0.2, 0.25) is 0 Å². The predicted octanol–water partition coefficient (Wildman–Crippen LogP) is 3.89. The van der Waals surface area contributed by atoms with E-state index in [1.165, 1.54) is 0 Å². The van der Waals surface area contributed by atoms with E-state index < -0.39 is 0 Å². The number of ether oxygens (including phenoxy) is 3. The third-order valence-corrected chi connectivity index (χ3v) is 4.28. The minimum Gasteiger partial charge on any atom is -0.497 e. The summed E-state index contributed by atoms with van der Waals surface area (Å²) in [7, 11) is 3.30. The second-order valence-electron chi connectivity index (χ2n) is 5.99. The van der Waals surface area contributed by atoms with E-state index in [0.29, 0.717) is 19.0 Å². The maximum atomic E-state index is 5.59. The summed E-state index contributed by atoms with van der Waals surface area (Å²) >= 11 is 0. The van der Waals surface area contributed by atoms with Crippen molar-refractivity contribution in [3.63, 3.8) is 0 Å². The first-order chi connectivity index (χ1) is 13.3. The number of H-pyrrole nitrogens is 1. The number of aromatic amines is 1. The molecule has 2 aromatic carbocycles. The van der Waals surface area contributed by atoms with Gasteiger partial charge in [0.1, 0.15) is 23.6 Å². The molecule has 0 spiro atoms. The molecular weight excluding hydrogens is 344 g/mol. The summed E-state index contributed by atoms with van der Waals surface area (Å²) < 4.78 is 15.9. The second-order valence-corrected chi connectivity index (χ2v) is 5.99. The van der Waals surface area contributed by atoms with Gasteiger partial charge in [-0.05, 0) is 42.5 Å². The van der Waals surface area contributed by atoms with E-state index in [9.17, 15) is 0 Å². The van der Waals surface area contributed by atoms with Crippen molar-refractivity contribution >= 4 is 33.3 Å². The van der Waals surface area contributed by atoms with E-state index in [1.807, 2.05) is 42.5 Å². The van der Waals surface area contributed by atoms with E-state index in [2.05, 4.69) is 15.5 Å². The quantitative estimate of drug-likeness (QED) is 0.484. The van der Waals surface area contributed by atoms with Gasteiger partial charge in [-0.2, -0.15) is 5.10 Å². The monoisotopic (exact) mass is 364 g/mol. The largest absolute Gasteiger partial charge is 0.497 e. The first-order valence-electron chi connectivity index (χ1n) is 8.58. The fourth-order valence-corrected chi connectivity index (χ4v) is 2.91. The highest BCUT2D eigenvalue weighted by Crippen LogP contribution is 2.31. The first-order valence-corrected chi connectivity index (χ1v) is 8.58. The number of pyridine rings is 1. The van der Waals surface area contributed by atoms with Gasteiger partial charge in [0, 0.05) is 23.6 Å². The van der Waals surface area contributed by atoms with Crippen LogP contribution in [-0.4, -0.2) is 42.6 Å². The molecule has 138 valence electrons. The Morgan fingerprint density at radius 1 is 0.963 bits per heavy atom. The molecule has 4 rings (SSSR count). The van der Waals surface area contributed by atoms with Crippen LogP contribution in [0.4, 0.5) is 11.5 Å². The highest BCUT2D eigenvalue weighted by atomic mass is 16.5. The molecule has 0 fully saturated rings. The van der Waals surface area contributed by atoms with E-state index in [4.69, 9.17) is 19.2 Å². The second kappa shape index (κ2) is 7.51. The summed E-state index contributed by atoms with van der Waals surface area (Å²) in [5.41, 5.74) is 2.62. The van der Waals surface area contributed by atoms with Gasteiger partial charge in [-0.1, -0.05) is 0 Å². The van der Waals surface area contributed by atoms with Crippen LogP contribution in [0.3, 0.4) is 0 Å². The summed E-state index contributed by atoms with van der Waals surface area (Å²) in [5, 5.41) is 12.5. The Balaban J connectivity index is 1.64. The number of rotatable bonds is 7. The fraction of sp³-hybridized carbons (Fsp3) is 0.200. The van der Waals surface area contributed by atoms with Gasteiger partial charge < -0.3 is 19.5 Å². The summed E-state index contributed by atoms with van der Waals surface area (Å²) in [6.45, 7) is 1.08. The normalized spacial score (nSPS) is 11.0. The number of anilines is 2. The lowest BCUT2D eigenvalue weighted by atomic mass is 10.1. The fourth-order valence-electron chi connectivity index (χ4n) is 2.91. The molecule has 7 heteroatoms. The molecule has 0 aliphatic heterocycles. The number of nitrogens with one attached hydrogen (secondary N) is 2. The highest BCUT2D eigenvalue weighted by molar-refractivity contribution is 6.09. The molecule has 0 amide bonds. The molecule has 0 aliphatic rings. The van der Waals surface area contributed by atoms with E-state index >= 15 is 0 Å². The van der Waals surface area contributed by atoms with Crippen LogP contribution in [0.2, 0.25) is 0 Å². The van der Waals surface area contributed by atoms with Gasteiger partial charge in [0.25, 0.3) is 0 Å². The lowest BCUT2D eigenvalue weighted by molar-refractivity contribution is 0.146. The van der Waals surface area contributed by atoms with Crippen LogP contribution in [0.5, 0.6) is 11.5 Å². The molecule has 7 nitrogen and oxygen atoms in total. The molecule has 0 atom stereocenters. The van der Waals surface area contributed by atoms with Crippen molar-refractivity contribution in [1.82, 2.24) is 15.2 Å². The Hall–Kier alpha value is -3.32. The van der Waals surface area contributed by atoms with Crippen molar-refractivity contribution in [2.75, 3.05) is 32.8 Å². The van der Waals surface area contributed by atoms with Gasteiger partial charge >= 0.3 is 0 Å². The summed E-state index contributed by atoms with van der Waals surface area (Å²) in [5.74, 6) is 2.30. The number of fused-ring (bicyclic) bond motifs is 3. The van der Waals surface area contributed by atoms with Gasteiger partial charge in [-0.15, -0.1) is 0 Å². The number of nitrogens with zero attached hydrogens (tertiary/aromatic N) is 2. The van der Waals surface area contributed by atoms with Crippen LogP contribution >= 0.6 is 0 Å². The van der Waals surface area contributed by atoms with Crippen LogP contribution in [0.15, 0.2) is 48.7 Å². The Kier molecular flexibility index (Phi) is 4.76. The molecule has 0 unspecified atom stereocenters. The minimum atomic E-state index is 0.522. The molecule has 0 saturated heterocycles. The zero-order chi connectivity index (χ0) is 18.6. The van der Waals surface area contributed by atoms with Gasteiger partial charge in [0.05, 0.1) is 25.4 Å². The van der Waals surface area contributed by atoms with Crippen LogP contribution in [-0.2, 0) is 4.74 Å². The zero-order valence-corrected chi connectivity index (χ0v) is 15.2. The highest BCUT2D eigenvalue weighted by Gasteiger charge is 2.11. The minimum absolute atomic E-state index is 0.522. The number of hydrogen-bond acceptors (Lipinski definition) is 6. The smallest absolute Gasteiger partial charge is 0.157 e. The lowest BCUT2D eigenvalue weighted by Gasteiger charge is -2.11. The van der Waals surface area contributed by atoms with Gasteiger partial charge in [0.15, 0.2) is 5.82 Å². The molecule has 2 N–H and O–H groups in total. The molecule has 0 aliphatic carbocycles. The Bertz CT molecular complexity index is 1060. The number of benzene rings is 2. The van der Waals surface area contributed by atoms with Crippen molar-refractivity contribution in [3.05, 3.63) is 48.7 Å². The Morgan fingerprint density at radius 2 is 1.78 bits per heavy atom. The number of hydrogen-bond donors (Lipinski definition) is 2. The third-order valence-electron chi connectivity index (χ3n) is 4.28. The number of aromatic nitrogens is 3. The maximum absolute atomic E-state index is 5.59. The van der Waals surface area contributed by atoms with Crippen molar-refractivity contribution in [1.29, 1.82) is 0 Å². The van der Waals surface area contributed by atoms with E-state index in [0.717, 1.165) is 39.0 Å². The zero-order valence-electron chi connectivity index (χ0n) is 15.2. The first kappa shape index (κ1) is 17.1. The Morgan fingerprint density at radius 3 is 2.56 bits per heavy atom. The van der Waals surface area contributed by atoms with E-state index in [1.54, 1.807) is 20.4 Å². The molecule has 27 heavy (non-hydrogen) atoms. The molecular formula is C20H20N4O3. The van der Waals surface area contributed by atoms with Crippen LogP contribution in [0.25, 0.3) is 21.8 Å². The summed E-state index contributed by atoms with van der Waals surface area (Å²) in [6.07, 6.45) is 1.80. The van der Waals surface area contributed by atoms with Crippen molar-refractivity contribution in [2.24, 2.45) is 0 Å². The van der Waals surface area contributed by atoms with Gasteiger partial charge in [-0.3, -0.25) is 5.10 Å². The average molecular weight is 364 g/mol. The third kappa shape index (κ3) is 3.50. The van der Waals surface area contributed by atoms with Crippen molar-refractivity contribution in [2.45, 2.75) is 0 Å². The standard InChI is InChI=1S/C20H20N4O3/c1-25-9-10-27-14-5-3-13(4-6-14)22-20-19-17(12-21-24-19)16-11-15(26-2)7-8-18(16)23-20/h3-8,11-12H,9-10H2,1-2H3,(H,21,24)(H,22,23). The average Bonchev–Trinajstić information content (AvgIpc) is 3.20. The molecule has 0 radical (unpaired) electrons. The van der Waals surface area contributed by atoms with Crippen LogP contribution in [0.1, 0.15) is 0 Å². The summed E-state index contributed by atoms with van der Waals surface area (Å²) in [6, 6.07) is 13.5. The molecule has 0 saturated carbocycles. The van der Waals surface area contributed by atoms with Crippen LogP contribution < -0.4 is 14.8 Å². The lowest BCUT2D eigenvalue weighted by Crippen LogP contribution is -2.04. The van der Waals surface area contributed by atoms with Crippen LogP contribution in [0, 0.1) is 0 Å². The summed E-state index contributed by atoms with van der Waals surface area (Å²) in [4.78, 5) is 4.74. The number of methoxy groups -OCH3 is 2. The van der Waals surface area contributed by atoms with Crippen molar-refractivity contribution in [3.8, 4) is 11.5 Å². The molecule has 4 aromatic rings. The molecule has 2 heterocycles. The SMILES string of the molecule is COCCOc1ccc(Nc2nc3ccc(OC)cc3c3cn[nH]c23)cc1. The molecule has 2 aromatic heterocycles. The van der Waals surface area contributed by atoms with Gasteiger partial charge in [-0.25, -0.2) is 4.98 Å². The van der Waals surface area contributed by atoms with E-state index in [-0.39, 0.29) is 0 Å². The topological polar surface area (TPSA) is 81.3 Å². The maximum Gasteiger partial charge on any atom is 0.157 e. The molecule has 0 bridgehead atoms. The predicted molar refractivity (Wildman–Crippen MR) is 105 cm³/mol.